The van der Waals surface area contributed by atoms with E-state index < -0.39 is 0 Å². The molecule has 0 aromatic rings. The number of nitriles is 1. The molecule has 0 saturated carbocycles. The fraction of sp³-hybridized carbons (Fsp3) is 0.923. The second-order valence-corrected chi connectivity index (χ2v) is 4.26. The van der Waals surface area contributed by atoms with E-state index in [9.17, 15) is 5.11 Å². The summed E-state index contributed by atoms with van der Waals surface area (Å²) in [6.45, 7) is 2.23. The summed E-state index contributed by atoms with van der Waals surface area (Å²) in [5, 5.41) is 17.8. The fourth-order valence-corrected chi connectivity index (χ4v) is 1.71. The monoisotopic (exact) mass is 211 g/mol. The molecule has 0 bridgehead atoms. The van der Waals surface area contributed by atoms with E-state index in [2.05, 4.69) is 13.0 Å². The Bertz CT molecular complexity index is 162. The largest absolute Gasteiger partial charge is 0.393 e. The van der Waals surface area contributed by atoms with Crippen molar-refractivity contribution < 1.29 is 5.11 Å². The minimum absolute atomic E-state index is 0.250. The SMILES string of the molecule is CCCCCCCCCC(O)CCC#N. The minimum Gasteiger partial charge on any atom is -0.393 e. The van der Waals surface area contributed by atoms with Gasteiger partial charge in [0.1, 0.15) is 0 Å². The van der Waals surface area contributed by atoms with Crippen LogP contribution < -0.4 is 0 Å². The second kappa shape index (κ2) is 11.5. The molecule has 0 heterocycles. The van der Waals surface area contributed by atoms with Gasteiger partial charge in [0.15, 0.2) is 0 Å². The first kappa shape index (κ1) is 14.5. The summed E-state index contributed by atoms with van der Waals surface area (Å²) >= 11 is 0. The number of hydrogen-bond acceptors (Lipinski definition) is 2. The van der Waals surface area contributed by atoms with Gasteiger partial charge in [-0.05, 0) is 12.8 Å². The zero-order chi connectivity index (χ0) is 11.4. The van der Waals surface area contributed by atoms with Crippen LogP contribution in [-0.4, -0.2) is 11.2 Å². The van der Waals surface area contributed by atoms with Gasteiger partial charge in [0.25, 0.3) is 0 Å². The molecule has 0 aliphatic carbocycles. The molecule has 1 atom stereocenters. The van der Waals surface area contributed by atoms with Crippen LogP contribution in [0.4, 0.5) is 0 Å². The molecule has 0 aliphatic rings. The highest BCUT2D eigenvalue weighted by Gasteiger charge is 2.02. The van der Waals surface area contributed by atoms with Crippen LogP contribution in [0.25, 0.3) is 0 Å². The molecule has 0 aromatic carbocycles. The first-order valence-corrected chi connectivity index (χ1v) is 6.36. The lowest BCUT2D eigenvalue weighted by Gasteiger charge is -2.07. The zero-order valence-corrected chi connectivity index (χ0v) is 10.0. The van der Waals surface area contributed by atoms with Crippen LogP contribution in [-0.2, 0) is 0 Å². The summed E-state index contributed by atoms with van der Waals surface area (Å²) in [6, 6.07) is 2.06. The van der Waals surface area contributed by atoms with Crippen LogP contribution in [0.5, 0.6) is 0 Å². The van der Waals surface area contributed by atoms with Gasteiger partial charge in [0.2, 0.25) is 0 Å². The van der Waals surface area contributed by atoms with Crippen molar-refractivity contribution >= 4 is 0 Å². The van der Waals surface area contributed by atoms with Crippen molar-refractivity contribution in [1.29, 1.82) is 5.26 Å². The standard InChI is InChI=1S/C13H25NO/c1-2-3-4-5-6-7-8-10-13(15)11-9-12-14/h13,15H,2-11H2,1H3. The lowest BCUT2D eigenvalue weighted by Crippen LogP contribution is -2.05. The molecule has 1 unspecified atom stereocenters. The number of aliphatic hydroxyl groups is 1. The van der Waals surface area contributed by atoms with Crippen molar-refractivity contribution in [2.45, 2.75) is 77.2 Å². The molecule has 2 heteroatoms. The predicted octanol–water partition coefficient (Wildman–Crippen LogP) is 3.79. The van der Waals surface area contributed by atoms with Gasteiger partial charge in [-0.2, -0.15) is 5.26 Å². The number of rotatable bonds is 10. The maximum Gasteiger partial charge on any atom is 0.0622 e. The van der Waals surface area contributed by atoms with Crippen LogP contribution in [0.1, 0.15) is 71.1 Å². The minimum atomic E-state index is -0.250. The molecule has 1 N–H and O–H groups in total. The molecule has 0 saturated heterocycles. The van der Waals surface area contributed by atoms with Gasteiger partial charge in [0, 0.05) is 6.42 Å². The molecule has 15 heavy (non-hydrogen) atoms. The Hall–Kier alpha value is -0.550. The van der Waals surface area contributed by atoms with E-state index in [1.54, 1.807) is 0 Å². The third-order valence-corrected chi connectivity index (χ3v) is 2.73. The molecular weight excluding hydrogens is 186 g/mol. The van der Waals surface area contributed by atoms with Crippen molar-refractivity contribution in [2.24, 2.45) is 0 Å². The van der Waals surface area contributed by atoms with Crippen molar-refractivity contribution in [3.63, 3.8) is 0 Å². The molecule has 0 spiro atoms. The highest BCUT2D eigenvalue weighted by molar-refractivity contribution is 4.71. The molecule has 0 aliphatic heterocycles. The maximum absolute atomic E-state index is 9.47. The molecule has 0 rings (SSSR count). The topological polar surface area (TPSA) is 44.0 Å². The molecule has 88 valence electrons. The van der Waals surface area contributed by atoms with E-state index in [1.807, 2.05) is 0 Å². The zero-order valence-electron chi connectivity index (χ0n) is 10.0. The second-order valence-electron chi connectivity index (χ2n) is 4.26. The third kappa shape index (κ3) is 11.4. The van der Waals surface area contributed by atoms with Crippen LogP contribution >= 0.6 is 0 Å². The smallest absolute Gasteiger partial charge is 0.0622 e. The average Bonchev–Trinajstić information content (AvgIpc) is 2.25. The highest BCUT2D eigenvalue weighted by atomic mass is 16.3. The van der Waals surface area contributed by atoms with E-state index in [0.717, 1.165) is 12.8 Å². The summed E-state index contributed by atoms with van der Waals surface area (Å²) in [6.07, 6.45) is 10.7. The van der Waals surface area contributed by atoms with Crippen molar-refractivity contribution in [2.75, 3.05) is 0 Å². The van der Waals surface area contributed by atoms with E-state index in [-0.39, 0.29) is 6.10 Å². The van der Waals surface area contributed by atoms with E-state index >= 15 is 0 Å². The quantitative estimate of drug-likeness (QED) is 0.559. The fourth-order valence-electron chi connectivity index (χ4n) is 1.71. The van der Waals surface area contributed by atoms with Gasteiger partial charge in [-0.15, -0.1) is 0 Å². The number of aliphatic hydroxyl groups excluding tert-OH is 1. The lowest BCUT2D eigenvalue weighted by molar-refractivity contribution is 0.152. The molecular formula is C13H25NO. The Balaban J connectivity index is 3.06. The Labute approximate surface area is 94.3 Å². The van der Waals surface area contributed by atoms with Crippen LogP contribution in [0.3, 0.4) is 0 Å². The number of nitrogens with zero attached hydrogens (tertiary/aromatic N) is 1. The summed E-state index contributed by atoms with van der Waals surface area (Å²) in [4.78, 5) is 0. The summed E-state index contributed by atoms with van der Waals surface area (Å²) in [5.41, 5.74) is 0. The van der Waals surface area contributed by atoms with E-state index in [0.29, 0.717) is 12.8 Å². The van der Waals surface area contributed by atoms with Gasteiger partial charge < -0.3 is 5.11 Å². The molecule has 0 radical (unpaired) electrons. The third-order valence-electron chi connectivity index (χ3n) is 2.73. The Morgan fingerprint density at radius 2 is 1.60 bits per heavy atom. The van der Waals surface area contributed by atoms with Gasteiger partial charge in [-0.1, -0.05) is 51.9 Å². The van der Waals surface area contributed by atoms with Crippen molar-refractivity contribution in [3.8, 4) is 6.07 Å². The maximum atomic E-state index is 9.47. The first-order valence-electron chi connectivity index (χ1n) is 6.36. The normalized spacial score (nSPS) is 12.3. The van der Waals surface area contributed by atoms with E-state index in [4.69, 9.17) is 5.26 Å². The molecule has 0 amide bonds. The number of unbranched alkanes of at least 4 members (excludes halogenated alkanes) is 6. The molecule has 0 aromatic heterocycles. The highest BCUT2D eigenvalue weighted by Crippen LogP contribution is 2.11. The average molecular weight is 211 g/mol. The van der Waals surface area contributed by atoms with Crippen LogP contribution in [0, 0.1) is 11.3 Å². The number of hydrogen-bond donors (Lipinski definition) is 1. The van der Waals surface area contributed by atoms with Crippen molar-refractivity contribution in [3.05, 3.63) is 0 Å². The lowest BCUT2D eigenvalue weighted by atomic mass is 10.0. The van der Waals surface area contributed by atoms with Crippen LogP contribution in [0.15, 0.2) is 0 Å². The summed E-state index contributed by atoms with van der Waals surface area (Å²) in [5.74, 6) is 0. The van der Waals surface area contributed by atoms with Gasteiger partial charge in [-0.25, -0.2) is 0 Å². The predicted molar refractivity (Wildman–Crippen MR) is 63.5 cm³/mol. The van der Waals surface area contributed by atoms with Gasteiger partial charge in [0.05, 0.1) is 12.2 Å². The molecule has 0 fully saturated rings. The first-order chi connectivity index (χ1) is 7.31. The van der Waals surface area contributed by atoms with E-state index in [1.165, 1.54) is 38.5 Å². The van der Waals surface area contributed by atoms with Gasteiger partial charge in [-0.3, -0.25) is 0 Å². The Kier molecular flexibility index (Phi) is 11.1. The summed E-state index contributed by atoms with van der Waals surface area (Å²) < 4.78 is 0. The van der Waals surface area contributed by atoms with Crippen molar-refractivity contribution in [1.82, 2.24) is 0 Å². The molecule has 2 nitrogen and oxygen atoms in total. The van der Waals surface area contributed by atoms with Gasteiger partial charge >= 0.3 is 0 Å². The summed E-state index contributed by atoms with van der Waals surface area (Å²) in [7, 11) is 0. The van der Waals surface area contributed by atoms with Crippen LogP contribution in [0.2, 0.25) is 0 Å². The Morgan fingerprint density at radius 3 is 2.20 bits per heavy atom. The Morgan fingerprint density at radius 1 is 1.00 bits per heavy atom.